The summed E-state index contributed by atoms with van der Waals surface area (Å²) >= 11 is 0. The van der Waals surface area contributed by atoms with Crippen LogP contribution in [0.1, 0.15) is 61.1 Å². The van der Waals surface area contributed by atoms with Crippen molar-refractivity contribution >= 4 is 5.97 Å². The van der Waals surface area contributed by atoms with Crippen LogP contribution in [-0.2, 0) is 4.74 Å². The zero-order valence-corrected chi connectivity index (χ0v) is 15.6. The number of hydrogen-bond donors (Lipinski definition) is 1. The average Bonchev–Trinajstić information content (AvgIpc) is 2.69. The van der Waals surface area contributed by atoms with E-state index >= 15 is 0 Å². The summed E-state index contributed by atoms with van der Waals surface area (Å²) in [5.74, 6) is -0.236. The Morgan fingerprint density at radius 1 is 1.07 bits per heavy atom. The Hall–Kier alpha value is -2.48. The minimum absolute atomic E-state index is 0.189. The molecule has 0 spiro atoms. The summed E-state index contributed by atoms with van der Waals surface area (Å²) in [4.78, 5) is 19.7. The molecule has 0 bridgehead atoms. The normalized spacial score (nSPS) is 12.6. The highest BCUT2D eigenvalue weighted by Crippen LogP contribution is 2.32. The molecule has 152 valence electrons. The Labute approximate surface area is 161 Å². The van der Waals surface area contributed by atoms with Crippen LogP contribution in [0, 0.1) is 0 Å². The molecular formula is C20H23F3N2O3. The Balaban J connectivity index is 1.92. The van der Waals surface area contributed by atoms with Gasteiger partial charge in [-0.05, 0) is 18.6 Å². The maximum absolute atomic E-state index is 12.5. The minimum Gasteiger partial charge on any atom is -0.462 e. The lowest BCUT2D eigenvalue weighted by Gasteiger charge is -2.14. The number of nitrogens with zero attached hydrogens (tertiary/aromatic N) is 2. The van der Waals surface area contributed by atoms with Gasteiger partial charge in [0.05, 0.1) is 12.2 Å². The minimum atomic E-state index is -4.77. The molecule has 8 heteroatoms. The molecule has 2 aromatic rings. The van der Waals surface area contributed by atoms with Crippen LogP contribution in [0.5, 0.6) is 0 Å². The van der Waals surface area contributed by atoms with E-state index in [0.717, 1.165) is 38.1 Å². The van der Waals surface area contributed by atoms with Crippen molar-refractivity contribution in [2.75, 3.05) is 6.61 Å². The Morgan fingerprint density at radius 3 is 2.25 bits per heavy atom. The number of rotatable bonds is 9. The van der Waals surface area contributed by atoms with Crippen molar-refractivity contribution in [3.8, 4) is 11.4 Å². The number of alkyl halides is 3. The Bertz CT molecular complexity index is 747. The molecule has 0 aliphatic heterocycles. The SMILES string of the molecule is CCCCCCCOC(=O)c1ccc(-c2ncc(C(O)C(F)(F)F)cn2)cc1. The van der Waals surface area contributed by atoms with Crippen LogP contribution in [0.25, 0.3) is 11.4 Å². The predicted octanol–water partition coefficient (Wildman–Crippen LogP) is 4.87. The van der Waals surface area contributed by atoms with E-state index < -0.39 is 23.8 Å². The molecule has 1 unspecified atom stereocenters. The second-order valence-corrected chi connectivity index (χ2v) is 6.41. The summed E-state index contributed by atoms with van der Waals surface area (Å²) in [6, 6.07) is 6.28. The highest BCUT2D eigenvalue weighted by Gasteiger charge is 2.39. The first-order valence-electron chi connectivity index (χ1n) is 9.17. The number of halogens is 3. The molecule has 1 aromatic carbocycles. The summed E-state index contributed by atoms with van der Waals surface area (Å²) in [5, 5.41) is 9.19. The first-order chi connectivity index (χ1) is 13.3. The maximum Gasteiger partial charge on any atom is 0.418 e. The van der Waals surface area contributed by atoms with Gasteiger partial charge in [0.15, 0.2) is 11.9 Å². The summed E-state index contributed by atoms with van der Waals surface area (Å²) in [5.41, 5.74) is 0.473. The third-order valence-electron chi connectivity index (χ3n) is 4.16. The van der Waals surface area contributed by atoms with E-state index in [1.54, 1.807) is 24.3 Å². The van der Waals surface area contributed by atoms with Gasteiger partial charge in [0.2, 0.25) is 0 Å². The molecular weight excluding hydrogens is 373 g/mol. The summed E-state index contributed by atoms with van der Waals surface area (Å²) in [7, 11) is 0. The Kier molecular flexibility index (Phi) is 7.92. The van der Waals surface area contributed by atoms with Gasteiger partial charge in [-0.25, -0.2) is 14.8 Å². The number of aliphatic hydroxyl groups is 1. The average molecular weight is 396 g/mol. The smallest absolute Gasteiger partial charge is 0.418 e. The molecule has 0 saturated heterocycles. The van der Waals surface area contributed by atoms with Gasteiger partial charge >= 0.3 is 12.1 Å². The highest BCUT2D eigenvalue weighted by molar-refractivity contribution is 5.89. The zero-order chi connectivity index (χ0) is 20.6. The summed E-state index contributed by atoms with van der Waals surface area (Å²) < 4.78 is 42.7. The fourth-order valence-electron chi connectivity index (χ4n) is 2.53. The number of carbonyl (C=O) groups excluding carboxylic acids is 1. The number of unbranched alkanes of at least 4 members (excludes halogenated alkanes) is 4. The molecule has 0 amide bonds. The van der Waals surface area contributed by atoms with Crippen molar-refractivity contribution in [3.63, 3.8) is 0 Å². The molecule has 1 heterocycles. The monoisotopic (exact) mass is 396 g/mol. The van der Waals surface area contributed by atoms with Gasteiger partial charge in [0.1, 0.15) is 0 Å². The standard InChI is InChI=1S/C20H23F3N2O3/c1-2-3-4-5-6-11-28-19(27)15-9-7-14(8-10-15)18-24-12-16(13-25-18)17(26)20(21,22)23/h7-10,12-13,17,26H,2-6,11H2,1H3. The molecule has 0 radical (unpaired) electrons. The van der Waals surface area contributed by atoms with Gasteiger partial charge in [-0.3, -0.25) is 0 Å². The van der Waals surface area contributed by atoms with Gasteiger partial charge in [-0.1, -0.05) is 44.7 Å². The number of hydrogen-bond acceptors (Lipinski definition) is 5. The first kappa shape index (κ1) is 21.8. The van der Waals surface area contributed by atoms with E-state index in [1.165, 1.54) is 6.42 Å². The number of ether oxygens (including phenoxy) is 1. The molecule has 5 nitrogen and oxygen atoms in total. The van der Waals surface area contributed by atoms with Crippen LogP contribution < -0.4 is 0 Å². The molecule has 1 aromatic heterocycles. The molecule has 1 atom stereocenters. The van der Waals surface area contributed by atoms with Crippen molar-refractivity contribution in [2.45, 2.75) is 51.3 Å². The molecule has 1 N–H and O–H groups in total. The lowest BCUT2D eigenvalue weighted by atomic mass is 10.1. The largest absolute Gasteiger partial charge is 0.462 e. The van der Waals surface area contributed by atoms with Gasteiger partial charge in [0.25, 0.3) is 0 Å². The maximum atomic E-state index is 12.5. The fourth-order valence-corrected chi connectivity index (χ4v) is 2.53. The highest BCUT2D eigenvalue weighted by atomic mass is 19.4. The van der Waals surface area contributed by atoms with E-state index in [2.05, 4.69) is 16.9 Å². The topological polar surface area (TPSA) is 72.3 Å². The van der Waals surface area contributed by atoms with Gasteiger partial charge < -0.3 is 9.84 Å². The second kappa shape index (κ2) is 10.2. The quantitative estimate of drug-likeness (QED) is 0.484. The number of esters is 1. The van der Waals surface area contributed by atoms with Crippen LogP contribution in [0.3, 0.4) is 0 Å². The molecule has 0 fully saturated rings. The predicted molar refractivity (Wildman–Crippen MR) is 97.5 cm³/mol. The third-order valence-corrected chi connectivity index (χ3v) is 4.16. The van der Waals surface area contributed by atoms with Crippen molar-refractivity contribution in [1.82, 2.24) is 9.97 Å². The fraction of sp³-hybridized carbons (Fsp3) is 0.450. The van der Waals surface area contributed by atoms with Gasteiger partial charge in [-0.2, -0.15) is 13.2 Å². The molecule has 0 saturated carbocycles. The molecule has 0 aliphatic rings. The van der Waals surface area contributed by atoms with Gasteiger partial charge in [-0.15, -0.1) is 0 Å². The van der Waals surface area contributed by atoms with Gasteiger partial charge in [0, 0.05) is 23.5 Å². The van der Waals surface area contributed by atoms with E-state index in [0.29, 0.717) is 17.7 Å². The van der Waals surface area contributed by atoms with E-state index in [-0.39, 0.29) is 5.82 Å². The lowest BCUT2D eigenvalue weighted by molar-refractivity contribution is -0.206. The van der Waals surface area contributed by atoms with Crippen LogP contribution in [0.15, 0.2) is 36.7 Å². The Morgan fingerprint density at radius 2 is 1.68 bits per heavy atom. The van der Waals surface area contributed by atoms with Crippen molar-refractivity contribution in [3.05, 3.63) is 47.8 Å². The zero-order valence-electron chi connectivity index (χ0n) is 15.6. The van der Waals surface area contributed by atoms with E-state index in [1.807, 2.05) is 0 Å². The molecule has 2 rings (SSSR count). The second-order valence-electron chi connectivity index (χ2n) is 6.41. The van der Waals surface area contributed by atoms with Crippen molar-refractivity contribution in [2.24, 2.45) is 0 Å². The number of carbonyl (C=O) groups is 1. The van der Waals surface area contributed by atoms with E-state index in [9.17, 15) is 23.1 Å². The molecule has 0 aliphatic carbocycles. The van der Waals surface area contributed by atoms with E-state index in [4.69, 9.17) is 4.74 Å². The molecule has 28 heavy (non-hydrogen) atoms. The van der Waals surface area contributed by atoms with Crippen molar-refractivity contribution < 1.29 is 27.8 Å². The summed E-state index contributed by atoms with van der Waals surface area (Å²) in [6.07, 6.45) is -0.229. The number of aliphatic hydroxyl groups excluding tert-OH is 1. The lowest BCUT2D eigenvalue weighted by Crippen LogP contribution is -2.20. The van der Waals surface area contributed by atoms with Crippen molar-refractivity contribution in [1.29, 1.82) is 0 Å². The van der Waals surface area contributed by atoms with Crippen LogP contribution in [0.4, 0.5) is 13.2 Å². The first-order valence-corrected chi connectivity index (χ1v) is 9.17. The number of aromatic nitrogens is 2. The van der Waals surface area contributed by atoms with Crippen LogP contribution in [-0.4, -0.2) is 33.8 Å². The third kappa shape index (κ3) is 6.30. The summed E-state index contributed by atoms with van der Waals surface area (Å²) in [6.45, 7) is 2.51. The van der Waals surface area contributed by atoms with Crippen LogP contribution >= 0.6 is 0 Å². The number of benzene rings is 1. The van der Waals surface area contributed by atoms with Crippen LogP contribution in [0.2, 0.25) is 0 Å².